The zero-order chi connectivity index (χ0) is 9.97. The summed E-state index contributed by atoms with van der Waals surface area (Å²) < 4.78 is 5.06. The zero-order valence-corrected chi connectivity index (χ0v) is 7.23. The fourth-order valence-corrected chi connectivity index (χ4v) is 1.20. The quantitative estimate of drug-likeness (QED) is 0.761. The maximum Gasteiger partial charge on any atom is 0.341 e. The number of pyridine rings is 1. The van der Waals surface area contributed by atoms with Crippen LogP contribution in [0.4, 0.5) is 0 Å². The number of nitrogens with zero attached hydrogens (tertiary/aromatic N) is 1. The van der Waals surface area contributed by atoms with Gasteiger partial charge in [0.25, 0.3) is 0 Å². The highest BCUT2D eigenvalue weighted by Crippen LogP contribution is 2.23. The van der Waals surface area contributed by atoms with Crippen LogP contribution in [0.2, 0.25) is 0 Å². The summed E-state index contributed by atoms with van der Waals surface area (Å²) in [4.78, 5) is 17.1. The van der Waals surface area contributed by atoms with E-state index in [1.54, 1.807) is 24.7 Å². The summed E-state index contributed by atoms with van der Waals surface area (Å²) >= 11 is 0. The van der Waals surface area contributed by atoms with Gasteiger partial charge >= 0.3 is 5.97 Å². The van der Waals surface area contributed by atoms with Crippen molar-refractivity contribution in [1.82, 2.24) is 9.97 Å². The van der Waals surface area contributed by atoms with Crippen LogP contribution in [-0.2, 0) is 4.79 Å². The highest BCUT2D eigenvalue weighted by Gasteiger charge is 2.05. The van der Waals surface area contributed by atoms with E-state index in [1.807, 2.05) is 0 Å². The van der Waals surface area contributed by atoms with Gasteiger partial charge in [-0.2, -0.15) is 0 Å². The number of carbonyl (C=O) groups is 1. The Kier molecular flexibility index (Phi) is 2.06. The van der Waals surface area contributed by atoms with E-state index in [4.69, 9.17) is 9.84 Å². The van der Waals surface area contributed by atoms with Crippen molar-refractivity contribution in [2.24, 2.45) is 0 Å². The summed E-state index contributed by atoms with van der Waals surface area (Å²) in [6.45, 7) is -0.338. The molecule has 0 saturated heterocycles. The number of ether oxygens (including phenoxy) is 1. The van der Waals surface area contributed by atoms with Crippen molar-refractivity contribution in [2.45, 2.75) is 0 Å². The monoisotopic (exact) mass is 192 g/mol. The SMILES string of the molecule is O=C(O)COc1c[nH]c2cnccc12. The van der Waals surface area contributed by atoms with Gasteiger partial charge in [0.15, 0.2) is 6.61 Å². The minimum atomic E-state index is -0.992. The van der Waals surface area contributed by atoms with Crippen molar-refractivity contribution in [3.8, 4) is 5.75 Å². The first-order valence-electron chi connectivity index (χ1n) is 4.03. The van der Waals surface area contributed by atoms with Gasteiger partial charge in [0.05, 0.1) is 11.7 Å². The Morgan fingerprint density at radius 1 is 1.64 bits per heavy atom. The molecular formula is C9H8N2O3. The second-order valence-corrected chi connectivity index (χ2v) is 2.76. The van der Waals surface area contributed by atoms with Crippen LogP contribution in [0.15, 0.2) is 24.7 Å². The number of aliphatic carboxylic acids is 1. The van der Waals surface area contributed by atoms with E-state index < -0.39 is 5.97 Å². The summed E-state index contributed by atoms with van der Waals surface area (Å²) in [5, 5.41) is 9.27. The van der Waals surface area contributed by atoms with Gasteiger partial charge in [-0.1, -0.05) is 0 Å². The molecule has 0 bridgehead atoms. The molecule has 2 rings (SSSR count). The lowest BCUT2D eigenvalue weighted by atomic mass is 10.3. The number of rotatable bonds is 3. The summed E-state index contributed by atoms with van der Waals surface area (Å²) in [6, 6.07) is 1.77. The lowest BCUT2D eigenvalue weighted by Crippen LogP contribution is -2.08. The molecular weight excluding hydrogens is 184 g/mol. The number of hydrogen-bond donors (Lipinski definition) is 2. The molecule has 2 heterocycles. The Morgan fingerprint density at radius 3 is 3.29 bits per heavy atom. The Morgan fingerprint density at radius 2 is 2.50 bits per heavy atom. The standard InChI is InChI=1S/C9H8N2O3/c12-9(13)5-14-8-4-11-7-3-10-2-1-6(7)8/h1-4,11H,5H2,(H,12,13). The maximum atomic E-state index is 10.3. The molecule has 2 aromatic heterocycles. The lowest BCUT2D eigenvalue weighted by molar-refractivity contribution is -0.139. The zero-order valence-electron chi connectivity index (χ0n) is 7.23. The van der Waals surface area contributed by atoms with Crippen LogP contribution < -0.4 is 4.74 Å². The first-order valence-corrected chi connectivity index (χ1v) is 4.03. The molecule has 0 radical (unpaired) electrons. The first-order chi connectivity index (χ1) is 6.77. The maximum absolute atomic E-state index is 10.3. The van der Waals surface area contributed by atoms with E-state index in [1.165, 1.54) is 0 Å². The van der Waals surface area contributed by atoms with Gasteiger partial charge in [0, 0.05) is 17.8 Å². The van der Waals surface area contributed by atoms with Crippen LogP contribution in [0.5, 0.6) is 5.75 Å². The average molecular weight is 192 g/mol. The molecule has 0 atom stereocenters. The highest BCUT2D eigenvalue weighted by atomic mass is 16.5. The van der Waals surface area contributed by atoms with E-state index in [0.29, 0.717) is 5.75 Å². The molecule has 0 amide bonds. The summed E-state index contributed by atoms with van der Waals surface area (Å²) in [7, 11) is 0. The third kappa shape index (κ3) is 1.52. The second kappa shape index (κ2) is 3.37. The predicted molar refractivity (Wildman–Crippen MR) is 49.2 cm³/mol. The molecule has 5 nitrogen and oxygen atoms in total. The molecule has 0 aromatic carbocycles. The lowest BCUT2D eigenvalue weighted by Gasteiger charge is -1.99. The Balaban J connectivity index is 2.29. The number of carboxylic acids is 1. The van der Waals surface area contributed by atoms with E-state index in [-0.39, 0.29) is 6.61 Å². The molecule has 0 aliphatic rings. The second-order valence-electron chi connectivity index (χ2n) is 2.76. The Bertz CT molecular complexity index is 464. The third-order valence-electron chi connectivity index (χ3n) is 1.80. The average Bonchev–Trinajstić information content (AvgIpc) is 2.58. The number of H-pyrrole nitrogens is 1. The molecule has 72 valence electrons. The fourth-order valence-electron chi connectivity index (χ4n) is 1.20. The van der Waals surface area contributed by atoms with E-state index in [9.17, 15) is 4.79 Å². The largest absolute Gasteiger partial charge is 0.480 e. The van der Waals surface area contributed by atoms with Crippen LogP contribution in [0.1, 0.15) is 0 Å². The third-order valence-corrected chi connectivity index (χ3v) is 1.80. The summed E-state index contributed by atoms with van der Waals surface area (Å²) in [6.07, 6.45) is 4.90. The number of aromatic amines is 1. The normalized spacial score (nSPS) is 10.3. The van der Waals surface area contributed by atoms with Crippen molar-refractivity contribution < 1.29 is 14.6 Å². The smallest absolute Gasteiger partial charge is 0.341 e. The minimum Gasteiger partial charge on any atom is -0.480 e. The van der Waals surface area contributed by atoms with Gasteiger partial charge in [0.1, 0.15) is 5.75 Å². The van der Waals surface area contributed by atoms with Crippen LogP contribution >= 0.6 is 0 Å². The van der Waals surface area contributed by atoms with Gasteiger partial charge in [-0.15, -0.1) is 0 Å². The fraction of sp³-hybridized carbons (Fsp3) is 0.111. The van der Waals surface area contributed by atoms with Crippen molar-refractivity contribution in [3.05, 3.63) is 24.7 Å². The number of fused-ring (bicyclic) bond motifs is 1. The molecule has 0 unspecified atom stereocenters. The van der Waals surface area contributed by atoms with Crippen molar-refractivity contribution in [3.63, 3.8) is 0 Å². The Hall–Kier alpha value is -2.04. The van der Waals surface area contributed by atoms with E-state index >= 15 is 0 Å². The van der Waals surface area contributed by atoms with Gasteiger partial charge < -0.3 is 14.8 Å². The molecule has 14 heavy (non-hydrogen) atoms. The van der Waals surface area contributed by atoms with Crippen LogP contribution in [-0.4, -0.2) is 27.7 Å². The summed E-state index contributed by atoms with van der Waals surface area (Å²) in [5.74, 6) is -0.460. The van der Waals surface area contributed by atoms with Crippen LogP contribution in [0, 0.1) is 0 Å². The van der Waals surface area contributed by atoms with Crippen molar-refractivity contribution >= 4 is 16.9 Å². The van der Waals surface area contributed by atoms with Gasteiger partial charge in [0.2, 0.25) is 0 Å². The topological polar surface area (TPSA) is 75.2 Å². The Labute approximate surface area is 79.3 Å². The van der Waals surface area contributed by atoms with Crippen molar-refractivity contribution in [2.75, 3.05) is 6.61 Å². The number of carboxylic acid groups (broad SMARTS) is 1. The van der Waals surface area contributed by atoms with Crippen LogP contribution in [0.25, 0.3) is 10.9 Å². The van der Waals surface area contributed by atoms with E-state index in [2.05, 4.69) is 9.97 Å². The van der Waals surface area contributed by atoms with Gasteiger partial charge in [-0.3, -0.25) is 4.98 Å². The van der Waals surface area contributed by atoms with Gasteiger partial charge in [-0.25, -0.2) is 4.79 Å². The predicted octanol–water partition coefficient (Wildman–Crippen LogP) is 1.03. The molecule has 0 saturated carbocycles. The number of nitrogens with one attached hydrogen (secondary N) is 1. The van der Waals surface area contributed by atoms with Crippen LogP contribution in [0.3, 0.4) is 0 Å². The summed E-state index contributed by atoms with van der Waals surface area (Å²) in [5.41, 5.74) is 0.827. The molecule has 5 heteroatoms. The highest BCUT2D eigenvalue weighted by molar-refractivity contribution is 5.85. The van der Waals surface area contributed by atoms with E-state index in [0.717, 1.165) is 10.9 Å². The molecule has 0 aliphatic carbocycles. The number of hydrogen-bond acceptors (Lipinski definition) is 3. The van der Waals surface area contributed by atoms with Gasteiger partial charge in [-0.05, 0) is 6.07 Å². The minimum absolute atomic E-state index is 0.338. The van der Waals surface area contributed by atoms with Crippen molar-refractivity contribution in [1.29, 1.82) is 0 Å². The molecule has 2 N–H and O–H groups in total. The number of aromatic nitrogens is 2. The molecule has 0 fully saturated rings. The first kappa shape index (κ1) is 8.55. The molecule has 2 aromatic rings. The molecule has 0 aliphatic heterocycles. The molecule has 0 spiro atoms.